The van der Waals surface area contributed by atoms with Crippen LogP contribution in [0.3, 0.4) is 0 Å². The first kappa shape index (κ1) is 18.8. The molecule has 0 spiro atoms. The van der Waals surface area contributed by atoms with E-state index in [0.29, 0.717) is 6.07 Å². The van der Waals surface area contributed by atoms with Gasteiger partial charge in [-0.25, -0.2) is 9.18 Å². The van der Waals surface area contributed by atoms with Crippen LogP contribution < -0.4 is 5.32 Å². The zero-order valence-electron chi connectivity index (χ0n) is 12.9. The van der Waals surface area contributed by atoms with Gasteiger partial charge in [0.2, 0.25) is 0 Å². The second-order valence-electron chi connectivity index (χ2n) is 4.96. The lowest BCUT2D eigenvalue weighted by Gasteiger charge is -2.15. The summed E-state index contributed by atoms with van der Waals surface area (Å²) in [5.41, 5.74) is -0.951. The Morgan fingerprint density at radius 3 is 2.80 bits per heavy atom. The van der Waals surface area contributed by atoms with Gasteiger partial charge >= 0.3 is 5.97 Å². The fourth-order valence-electron chi connectivity index (χ4n) is 2.26. The number of aliphatic hydroxyl groups excluding tert-OH is 1. The molecule has 0 atom stereocenters. The number of β-amino-alcohol motifs (C(OH)–C–C–N with tert-alkyl or cyclic N) is 1. The zero-order valence-corrected chi connectivity index (χ0v) is 14.5. The highest BCUT2D eigenvalue weighted by Crippen LogP contribution is 2.32. The average molecular weight is 418 g/mol. The summed E-state index contributed by atoms with van der Waals surface area (Å²) in [5.74, 6) is -2.37. The molecule has 0 bridgehead atoms. The second kappa shape index (κ2) is 7.57. The maximum Gasteiger partial charge on any atom is 0.337 e. The number of rotatable bonds is 6. The molecule has 11 heteroatoms. The minimum atomic E-state index is -0.972. The summed E-state index contributed by atoms with van der Waals surface area (Å²) in [5, 5.41) is 22.3. The van der Waals surface area contributed by atoms with Crippen molar-refractivity contribution in [2.24, 2.45) is 0 Å². The predicted octanol–water partition coefficient (Wildman–Crippen LogP) is 1.17. The largest absolute Gasteiger partial charge is 0.466 e. The predicted molar refractivity (Wildman–Crippen MR) is 87.1 cm³/mol. The normalized spacial score (nSPS) is 14.1. The molecular formula is C14H13BrFN3O6. The number of nitrogens with one attached hydrogen (secondary N) is 1. The van der Waals surface area contributed by atoms with Gasteiger partial charge in [-0.05, 0) is 22.0 Å². The van der Waals surface area contributed by atoms with E-state index in [4.69, 9.17) is 5.11 Å². The number of ether oxygens (including phenoxy) is 1. The first-order chi connectivity index (χ1) is 11.8. The van der Waals surface area contributed by atoms with Crippen LogP contribution in [0.15, 0.2) is 27.9 Å². The van der Waals surface area contributed by atoms with E-state index in [1.165, 1.54) is 4.90 Å². The highest BCUT2D eigenvalue weighted by molar-refractivity contribution is 9.10. The third-order valence-corrected chi connectivity index (χ3v) is 4.08. The highest BCUT2D eigenvalue weighted by atomic mass is 79.9. The standard InChI is InChI=1S/C14H13BrFN3O6/c1-25-14(22)7-6-18(2-3-20)13(21)12(7)17-10-4-8(15)11(19(23)24)5-9(10)16/h4-5,17,20H,2-3,6H2,1H3. The number of carbonyl (C=O) groups excluding carboxylic acids is 2. The SMILES string of the molecule is COC(=O)C1=C(Nc2cc(Br)c([N+](=O)[O-])cc2F)C(=O)N(CCO)C1. The van der Waals surface area contributed by atoms with E-state index in [1.54, 1.807) is 0 Å². The van der Waals surface area contributed by atoms with Crippen molar-refractivity contribution in [2.45, 2.75) is 0 Å². The summed E-state index contributed by atoms with van der Waals surface area (Å²) in [6.45, 7) is -0.438. The Balaban J connectivity index is 2.42. The van der Waals surface area contributed by atoms with Crippen LogP contribution in [-0.4, -0.2) is 53.6 Å². The van der Waals surface area contributed by atoms with Gasteiger partial charge in [-0.3, -0.25) is 14.9 Å². The highest BCUT2D eigenvalue weighted by Gasteiger charge is 2.35. The topological polar surface area (TPSA) is 122 Å². The molecule has 1 aromatic rings. The Kier molecular flexibility index (Phi) is 5.69. The monoisotopic (exact) mass is 417 g/mol. The number of carbonyl (C=O) groups is 2. The van der Waals surface area contributed by atoms with Crippen molar-refractivity contribution in [3.05, 3.63) is 43.8 Å². The van der Waals surface area contributed by atoms with E-state index >= 15 is 0 Å². The number of anilines is 1. The van der Waals surface area contributed by atoms with Crippen LogP contribution in [0.2, 0.25) is 0 Å². The summed E-state index contributed by atoms with van der Waals surface area (Å²) in [6, 6.07) is 1.78. The van der Waals surface area contributed by atoms with Gasteiger partial charge in [-0.1, -0.05) is 0 Å². The Labute approximate surface area is 149 Å². The molecule has 1 aliphatic rings. The van der Waals surface area contributed by atoms with Crippen molar-refractivity contribution in [3.63, 3.8) is 0 Å². The van der Waals surface area contributed by atoms with Gasteiger partial charge in [0.1, 0.15) is 5.70 Å². The minimum absolute atomic E-state index is 0.000668. The number of hydrogen-bond acceptors (Lipinski definition) is 7. The molecular weight excluding hydrogens is 405 g/mol. The van der Waals surface area contributed by atoms with Gasteiger partial charge in [0.05, 0.1) is 47.0 Å². The maximum atomic E-state index is 14.1. The van der Waals surface area contributed by atoms with E-state index in [0.717, 1.165) is 13.2 Å². The van der Waals surface area contributed by atoms with Crippen molar-refractivity contribution < 1.29 is 28.7 Å². The van der Waals surface area contributed by atoms with Crippen LogP contribution >= 0.6 is 15.9 Å². The number of hydrogen-bond donors (Lipinski definition) is 2. The van der Waals surface area contributed by atoms with Gasteiger partial charge in [0.25, 0.3) is 11.6 Å². The molecule has 25 heavy (non-hydrogen) atoms. The Morgan fingerprint density at radius 1 is 1.56 bits per heavy atom. The number of esters is 1. The number of halogens is 2. The number of nitrogens with zero attached hydrogens (tertiary/aromatic N) is 2. The Bertz CT molecular complexity index is 782. The van der Waals surface area contributed by atoms with E-state index in [2.05, 4.69) is 26.0 Å². The van der Waals surface area contributed by atoms with Gasteiger partial charge in [-0.15, -0.1) is 0 Å². The zero-order chi connectivity index (χ0) is 18.7. The van der Waals surface area contributed by atoms with Crippen molar-refractivity contribution in [1.82, 2.24) is 4.90 Å². The lowest BCUT2D eigenvalue weighted by atomic mass is 10.2. The molecule has 9 nitrogen and oxygen atoms in total. The summed E-state index contributed by atoms with van der Waals surface area (Å²) in [4.78, 5) is 35.4. The number of amides is 1. The van der Waals surface area contributed by atoms with Crippen LogP contribution in [0.25, 0.3) is 0 Å². The molecule has 1 aromatic carbocycles. The van der Waals surface area contributed by atoms with Crippen LogP contribution in [0, 0.1) is 15.9 Å². The van der Waals surface area contributed by atoms with E-state index in [9.17, 15) is 24.1 Å². The van der Waals surface area contributed by atoms with E-state index in [1.807, 2.05) is 0 Å². The van der Waals surface area contributed by atoms with Gasteiger partial charge < -0.3 is 20.1 Å². The van der Waals surface area contributed by atoms with E-state index in [-0.39, 0.29) is 41.1 Å². The van der Waals surface area contributed by atoms with Crippen LogP contribution in [0.1, 0.15) is 0 Å². The number of nitro groups is 1. The Morgan fingerprint density at radius 2 is 2.24 bits per heavy atom. The van der Waals surface area contributed by atoms with Crippen molar-refractivity contribution >= 4 is 39.2 Å². The smallest absolute Gasteiger partial charge is 0.337 e. The third-order valence-electron chi connectivity index (χ3n) is 3.45. The van der Waals surface area contributed by atoms with Crippen molar-refractivity contribution in [3.8, 4) is 0 Å². The molecule has 1 heterocycles. The van der Waals surface area contributed by atoms with Crippen molar-refractivity contribution in [2.75, 3.05) is 32.1 Å². The molecule has 0 fully saturated rings. The third kappa shape index (κ3) is 3.77. The molecule has 1 amide bonds. The molecule has 0 aliphatic carbocycles. The molecule has 0 saturated heterocycles. The quantitative estimate of drug-likeness (QED) is 0.404. The molecule has 0 saturated carbocycles. The second-order valence-corrected chi connectivity index (χ2v) is 5.82. The molecule has 2 rings (SSSR count). The minimum Gasteiger partial charge on any atom is -0.466 e. The van der Waals surface area contributed by atoms with Crippen LogP contribution in [0.4, 0.5) is 15.8 Å². The molecule has 1 aliphatic heterocycles. The van der Waals surface area contributed by atoms with E-state index < -0.39 is 28.3 Å². The van der Waals surface area contributed by atoms with Crippen molar-refractivity contribution in [1.29, 1.82) is 0 Å². The fraction of sp³-hybridized carbons (Fsp3) is 0.286. The summed E-state index contributed by atoms with van der Waals surface area (Å²) < 4.78 is 18.7. The summed E-state index contributed by atoms with van der Waals surface area (Å²) >= 11 is 2.96. The number of methoxy groups -OCH3 is 1. The lowest BCUT2D eigenvalue weighted by Crippen LogP contribution is -2.31. The number of nitro benzene ring substituents is 1. The first-order valence-corrected chi connectivity index (χ1v) is 7.71. The molecule has 2 N–H and O–H groups in total. The van der Waals surface area contributed by atoms with Gasteiger partial charge in [0, 0.05) is 6.54 Å². The van der Waals surface area contributed by atoms with Gasteiger partial charge in [0.15, 0.2) is 5.82 Å². The van der Waals surface area contributed by atoms with Crippen LogP contribution in [-0.2, 0) is 14.3 Å². The fourth-order valence-corrected chi connectivity index (χ4v) is 2.74. The van der Waals surface area contributed by atoms with Crippen LogP contribution in [0.5, 0.6) is 0 Å². The summed E-state index contributed by atoms with van der Waals surface area (Å²) in [7, 11) is 1.13. The lowest BCUT2D eigenvalue weighted by molar-refractivity contribution is -0.385. The first-order valence-electron chi connectivity index (χ1n) is 6.92. The molecule has 134 valence electrons. The molecule has 0 radical (unpaired) electrons. The number of benzene rings is 1. The Hall–Kier alpha value is -2.53. The molecule has 0 unspecified atom stereocenters. The summed E-state index contributed by atoms with van der Waals surface area (Å²) in [6.07, 6.45) is 0. The number of aliphatic hydroxyl groups is 1. The maximum absolute atomic E-state index is 14.1. The molecule has 0 aromatic heterocycles. The van der Waals surface area contributed by atoms with Gasteiger partial charge in [-0.2, -0.15) is 0 Å². The average Bonchev–Trinajstić information content (AvgIpc) is 2.86.